The maximum Gasteiger partial charge on any atom is 0.129 e. The van der Waals surface area contributed by atoms with Crippen LogP contribution in [0.2, 0.25) is 0 Å². The van der Waals surface area contributed by atoms with Gasteiger partial charge in [-0.1, -0.05) is 0 Å². The minimum absolute atomic E-state index is 0.320. The van der Waals surface area contributed by atoms with Gasteiger partial charge in [-0.2, -0.15) is 0 Å². The molecule has 0 atom stereocenters. The molecule has 0 aliphatic carbocycles. The summed E-state index contributed by atoms with van der Waals surface area (Å²) < 4.78 is 0. The molecule has 1 saturated heterocycles. The fourth-order valence-corrected chi connectivity index (χ4v) is 1.64. The first kappa shape index (κ1) is 10.7. The number of hydrogen-bond donors (Lipinski definition) is 1. The van der Waals surface area contributed by atoms with Crippen molar-refractivity contribution in [3.8, 4) is 0 Å². The lowest BCUT2D eigenvalue weighted by Gasteiger charge is -2.26. The van der Waals surface area contributed by atoms with Crippen LogP contribution in [0.3, 0.4) is 0 Å². The Morgan fingerprint density at radius 3 is 2.62 bits per heavy atom. The molecule has 13 heavy (non-hydrogen) atoms. The highest BCUT2D eigenvalue weighted by Gasteiger charge is 2.08. The van der Waals surface area contributed by atoms with Gasteiger partial charge < -0.3 is 15.0 Å². The van der Waals surface area contributed by atoms with Gasteiger partial charge in [0.15, 0.2) is 0 Å². The summed E-state index contributed by atoms with van der Waals surface area (Å²) in [5, 5.41) is 3.33. The van der Waals surface area contributed by atoms with Crippen molar-refractivity contribution in [1.29, 1.82) is 0 Å². The molecule has 1 N–H and O–H groups in total. The molecule has 3 heteroatoms. The zero-order valence-corrected chi connectivity index (χ0v) is 8.51. The lowest BCUT2D eigenvalue weighted by molar-refractivity contribution is -0.117. The third-order valence-electron chi connectivity index (χ3n) is 2.46. The van der Waals surface area contributed by atoms with Crippen LogP contribution in [0.15, 0.2) is 0 Å². The molecule has 0 aromatic rings. The Labute approximate surface area is 80.5 Å². The Morgan fingerprint density at radius 2 is 2.00 bits per heavy atom. The zero-order chi connectivity index (χ0) is 9.52. The summed E-state index contributed by atoms with van der Waals surface area (Å²) in [6.45, 7) is 7.40. The van der Waals surface area contributed by atoms with E-state index in [0.29, 0.717) is 5.78 Å². The second-order valence-electron chi connectivity index (χ2n) is 3.75. The fraction of sp³-hybridized carbons (Fsp3) is 0.900. The summed E-state index contributed by atoms with van der Waals surface area (Å²) in [5.74, 6) is 0.320. The minimum Gasteiger partial charge on any atom is -0.314 e. The number of unbranched alkanes of at least 4 members (excludes halogenated alkanes) is 1. The van der Waals surface area contributed by atoms with Crippen LogP contribution in [-0.2, 0) is 4.79 Å². The summed E-state index contributed by atoms with van der Waals surface area (Å²) in [5.41, 5.74) is 0. The van der Waals surface area contributed by atoms with Gasteiger partial charge in [0, 0.05) is 32.6 Å². The van der Waals surface area contributed by atoms with Gasteiger partial charge in [-0.05, 0) is 26.3 Å². The minimum atomic E-state index is 0.320. The molecule has 1 aliphatic rings. The second kappa shape index (κ2) is 6.11. The Hall–Kier alpha value is -0.410. The van der Waals surface area contributed by atoms with Gasteiger partial charge in [-0.3, -0.25) is 0 Å². The first-order valence-corrected chi connectivity index (χ1v) is 5.21. The number of nitrogens with one attached hydrogen (secondary N) is 1. The van der Waals surface area contributed by atoms with E-state index >= 15 is 0 Å². The zero-order valence-electron chi connectivity index (χ0n) is 8.51. The van der Waals surface area contributed by atoms with Gasteiger partial charge in [-0.15, -0.1) is 0 Å². The summed E-state index contributed by atoms with van der Waals surface area (Å²) in [6, 6.07) is 0. The van der Waals surface area contributed by atoms with Crippen LogP contribution in [0.25, 0.3) is 0 Å². The average molecular weight is 184 g/mol. The highest BCUT2D eigenvalue weighted by Crippen LogP contribution is 2.00. The standard InChI is InChI=1S/C10H20N2O/c1-10(13)4-2-3-7-12-8-5-11-6-9-12/h11H,2-9H2,1H3. The van der Waals surface area contributed by atoms with E-state index in [-0.39, 0.29) is 0 Å². The Bertz CT molecular complexity index is 153. The molecular formula is C10H20N2O. The van der Waals surface area contributed by atoms with Gasteiger partial charge in [0.25, 0.3) is 0 Å². The smallest absolute Gasteiger partial charge is 0.129 e. The molecule has 0 bridgehead atoms. The van der Waals surface area contributed by atoms with Crippen molar-refractivity contribution < 1.29 is 4.79 Å². The number of ketones is 1. The lowest BCUT2D eigenvalue weighted by atomic mass is 10.2. The molecule has 76 valence electrons. The topological polar surface area (TPSA) is 32.3 Å². The Morgan fingerprint density at radius 1 is 1.31 bits per heavy atom. The third kappa shape index (κ3) is 5.01. The van der Waals surface area contributed by atoms with Crippen LogP contribution < -0.4 is 5.32 Å². The molecular weight excluding hydrogens is 164 g/mol. The Kier molecular flexibility index (Phi) is 5.01. The van der Waals surface area contributed by atoms with Crippen molar-refractivity contribution in [2.45, 2.75) is 26.2 Å². The summed E-state index contributed by atoms with van der Waals surface area (Å²) in [6.07, 6.45) is 2.98. The highest BCUT2D eigenvalue weighted by molar-refractivity contribution is 5.75. The van der Waals surface area contributed by atoms with E-state index < -0.39 is 0 Å². The molecule has 3 nitrogen and oxygen atoms in total. The predicted octanol–water partition coefficient (Wildman–Crippen LogP) is 0.651. The number of carbonyl (C=O) groups excluding carboxylic acids is 1. The molecule has 0 aromatic carbocycles. The molecule has 1 heterocycles. The van der Waals surface area contributed by atoms with Crippen LogP contribution in [0.5, 0.6) is 0 Å². The third-order valence-corrected chi connectivity index (χ3v) is 2.46. The number of carbonyl (C=O) groups is 1. The van der Waals surface area contributed by atoms with E-state index in [0.717, 1.165) is 32.5 Å². The summed E-state index contributed by atoms with van der Waals surface area (Å²) in [7, 11) is 0. The second-order valence-corrected chi connectivity index (χ2v) is 3.75. The van der Waals surface area contributed by atoms with Gasteiger partial charge >= 0.3 is 0 Å². The molecule has 0 amide bonds. The Balaban J connectivity index is 1.95. The first-order chi connectivity index (χ1) is 6.29. The highest BCUT2D eigenvalue weighted by atomic mass is 16.1. The SMILES string of the molecule is CC(=O)CCCCN1CCNCC1. The molecule has 1 aliphatic heterocycles. The van der Waals surface area contributed by atoms with Gasteiger partial charge in [0.05, 0.1) is 0 Å². The van der Waals surface area contributed by atoms with Gasteiger partial charge in [0.2, 0.25) is 0 Å². The van der Waals surface area contributed by atoms with Crippen LogP contribution in [0.1, 0.15) is 26.2 Å². The van der Waals surface area contributed by atoms with E-state index in [1.165, 1.54) is 19.5 Å². The normalized spacial score (nSPS) is 18.8. The quantitative estimate of drug-likeness (QED) is 0.637. The summed E-state index contributed by atoms with van der Waals surface area (Å²) in [4.78, 5) is 13.1. The molecule has 0 unspecified atom stereocenters. The van der Waals surface area contributed by atoms with E-state index in [1.807, 2.05) is 0 Å². The number of Topliss-reactive ketones (excluding diaryl/α,β-unsaturated/α-hetero) is 1. The monoisotopic (exact) mass is 184 g/mol. The van der Waals surface area contributed by atoms with Crippen LogP contribution >= 0.6 is 0 Å². The summed E-state index contributed by atoms with van der Waals surface area (Å²) >= 11 is 0. The van der Waals surface area contributed by atoms with Gasteiger partial charge in [0.1, 0.15) is 5.78 Å². The van der Waals surface area contributed by atoms with Crippen molar-refractivity contribution in [3.63, 3.8) is 0 Å². The van der Waals surface area contributed by atoms with Crippen molar-refractivity contribution in [1.82, 2.24) is 10.2 Å². The van der Waals surface area contributed by atoms with E-state index in [2.05, 4.69) is 10.2 Å². The predicted molar refractivity (Wildman–Crippen MR) is 53.8 cm³/mol. The average Bonchev–Trinajstić information content (AvgIpc) is 2.14. The number of nitrogens with zero attached hydrogens (tertiary/aromatic N) is 1. The molecule has 1 rings (SSSR count). The number of hydrogen-bond acceptors (Lipinski definition) is 3. The van der Waals surface area contributed by atoms with Crippen molar-refractivity contribution in [3.05, 3.63) is 0 Å². The molecule has 0 spiro atoms. The van der Waals surface area contributed by atoms with Crippen molar-refractivity contribution >= 4 is 5.78 Å². The van der Waals surface area contributed by atoms with Crippen LogP contribution in [-0.4, -0.2) is 43.4 Å². The fourth-order valence-electron chi connectivity index (χ4n) is 1.64. The van der Waals surface area contributed by atoms with Crippen LogP contribution in [0, 0.1) is 0 Å². The number of rotatable bonds is 5. The molecule has 0 radical (unpaired) electrons. The molecule has 0 saturated carbocycles. The van der Waals surface area contributed by atoms with Gasteiger partial charge in [-0.25, -0.2) is 0 Å². The number of piperazine rings is 1. The van der Waals surface area contributed by atoms with Crippen LogP contribution in [0.4, 0.5) is 0 Å². The first-order valence-electron chi connectivity index (χ1n) is 5.21. The lowest BCUT2D eigenvalue weighted by Crippen LogP contribution is -2.43. The van der Waals surface area contributed by atoms with E-state index in [1.54, 1.807) is 6.92 Å². The van der Waals surface area contributed by atoms with Crippen molar-refractivity contribution in [2.24, 2.45) is 0 Å². The maximum absolute atomic E-state index is 10.7. The van der Waals surface area contributed by atoms with E-state index in [9.17, 15) is 4.79 Å². The molecule has 1 fully saturated rings. The van der Waals surface area contributed by atoms with E-state index in [4.69, 9.17) is 0 Å². The maximum atomic E-state index is 10.7. The molecule has 0 aromatic heterocycles. The largest absolute Gasteiger partial charge is 0.314 e. The van der Waals surface area contributed by atoms with Crippen molar-refractivity contribution in [2.75, 3.05) is 32.7 Å².